The van der Waals surface area contributed by atoms with Crippen molar-refractivity contribution in [2.24, 2.45) is 0 Å². The molecule has 2 aromatic carbocycles. The van der Waals surface area contributed by atoms with Crippen LogP contribution in [0.2, 0.25) is 0 Å². The van der Waals surface area contributed by atoms with E-state index in [1.54, 1.807) is 12.1 Å². The van der Waals surface area contributed by atoms with Gasteiger partial charge in [-0.1, -0.05) is 17.7 Å². The number of phenols is 1. The Morgan fingerprint density at radius 1 is 1.19 bits per heavy atom. The van der Waals surface area contributed by atoms with Crippen LogP contribution in [0, 0.1) is 6.92 Å². The topological polar surface area (TPSA) is 40.5 Å². The monoisotopic (exact) mass is 345 g/mol. The molecule has 0 saturated carbocycles. The van der Waals surface area contributed by atoms with Gasteiger partial charge in [-0.15, -0.1) is 0 Å². The van der Waals surface area contributed by atoms with Crippen molar-refractivity contribution in [1.29, 1.82) is 0 Å². The number of fused-ring (bicyclic) bond motifs is 1. The zero-order chi connectivity index (χ0) is 15.0. The van der Waals surface area contributed by atoms with Crippen LogP contribution in [0.15, 0.2) is 40.9 Å². The summed E-state index contributed by atoms with van der Waals surface area (Å²) >= 11 is 3.45. The molecule has 108 valence electrons. The van der Waals surface area contributed by atoms with Crippen LogP contribution in [0.5, 0.6) is 5.75 Å². The maximum atomic E-state index is 12.7. The number of carbonyl (C=O) groups excluding carboxylic acids is 1. The van der Waals surface area contributed by atoms with E-state index in [4.69, 9.17) is 0 Å². The molecule has 0 atom stereocenters. The van der Waals surface area contributed by atoms with Gasteiger partial charge in [-0.3, -0.25) is 4.79 Å². The van der Waals surface area contributed by atoms with Crippen molar-refractivity contribution >= 4 is 21.8 Å². The SMILES string of the molecule is Cc1ccc(Br)c(C(=O)N2CCc3ccc(O)cc3C2)c1. The molecule has 0 saturated heterocycles. The Balaban J connectivity index is 1.88. The third-order valence-electron chi connectivity index (χ3n) is 3.84. The average molecular weight is 346 g/mol. The highest BCUT2D eigenvalue weighted by Crippen LogP contribution is 2.26. The van der Waals surface area contributed by atoms with Gasteiger partial charge in [-0.25, -0.2) is 0 Å². The van der Waals surface area contributed by atoms with Crippen LogP contribution in [0.25, 0.3) is 0 Å². The lowest BCUT2D eigenvalue weighted by Crippen LogP contribution is -2.36. The first kappa shape index (κ1) is 14.1. The van der Waals surface area contributed by atoms with Crippen LogP contribution in [-0.2, 0) is 13.0 Å². The summed E-state index contributed by atoms with van der Waals surface area (Å²) < 4.78 is 0.819. The Labute approximate surface area is 132 Å². The number of carbonyl (C=O) groups is 1. The standard InChI is InChI=1S/C17H16BrNO2/c1-11-2-5-16(18)15(8-11)17(21)19-7-6-12-3-4-14(20)9-13(12)10-19/h2-5,8-9,20H,6-7,10H2,1H3. The second-order valence-electron chi connectivity index (χ2n) is 5.41. The third-order valence-corrected chi connectivity index (χ3v) is 4.53. The minimum atomic E-state index is 0.0274. The van der Waals surface area contributed by atoms with Crippen molar-refractivity contribution in [3.05, 3.63) is 63.1 Å². The smallest absolute Gasteiger partial charge is 0.255 e. The fourth-order valence-electron chi connectivity index (χ4n) is 2.69. The Kier molecular flexibility index (Phi) is 3.72. The zero-order valence-electron chi connectivity index (χ0n) is 11.8. The van der Waals surface area contributed by atoms with E-state index >= 15 is 0 Å². The molecule has 0 fully saturated rings. The summed E-state index contributed by atoms with van der Waals surface area (Å²) in [6.07, 6.45) is 0.824. The summed E-state index contributed by atoms with van der Waals surface area (Å²) in [5, 5.41) is 9.60. The lowest BCUT2D eigenvalue weighted by Gasteiger charge is -2.29. The van der Waals surface area contributed by atoms with Gasteiger partial charge >= 0.3 is 0 Å². The summed E-state index contributed by atoms with van der Waals surface area (Å²) in [7, 11) is 0. The Hall–Kier alpha value is -1.81. The summed E-state index contributed by atoms with van der Waals surface area (Å²) in [4.78, 5) is 14.5. The van der Waals surface area contributed by atoms with Gasteiger partial charge in [0.2, 0.25) is 0 Å². The number of aryl methyl sites for hydroxylation is 1. The number of rotatable bonds is 1. The Morgan fingerprint density at radius 3 is 2.81 bits per heavy atom. The van der Waals surface area contributed by atoms with E-state index in [1.165, 1.54) is 5.56 Å². The van der Waals surface area contributed by atoms with Crippen molar-refractivity contribution in [2.45, 2.75) is 19.9 Å². The molecular formula is C17H16BrNO2. The number of amides is 1. The molecule has 0 spiro atoms. The lowest BCUT2D eigenvalue weighted by atomic mass is 9.98. The molecule has 0 aromatic heterocycles. The van der Waals surface area contributed by atoms with E-state index in [1.807, 2.05) is 36.1 Å². The van der Waals surface area contributed by atoms with E-state index in [-0.39, 0.29) is 11.7 Å². The van der Waals surface area contributed by atoms with Crippen LogP contribution < -0.4 is 0 Å². The maximum absolute atomic E-state index is 12.7. The second-order valence-corrected chi connectivity index (χ2v) is 6.27. The molecule has 0 radical (unpaired) electrons. The quantitative estimate of drug-likeness (QED) is 0.856. The molecule has 3 rings (SSSR count). The van der Waals surface area contributed by atoms with Crippen molar-refractivity contribution in [1.82, 2.24) is 4.90 Å². The molecule has 0 unspecified atom stereocenters. The van der Waals surface area contributed by atoms with E-state index < -0.39 is 0 Å². The van der Waals surface area contributed by atoms with E-state index in [9.17, 15) is 9.90 Å². The first-order valence-corrected chi connectivity index (χ1v) is 7.70. The molecule has 1 aliphatic rings. The van der Waals surface area contributed by atoms with Gasteiger partial charge in [-0.2, -0.15) is 0 Å². The summed E-state index contributed by atoms with van der Waals surface area (Å²) in [5.41, 5.74) is 3.99. The fourth-order valence-corrected chi connectivity index (χ4v) is 3.11. The van der Waals surface area contributed by atoms with Gasteiger partial charge in [-0.05, 0) is 64.7 Å². The molecule has 0 aliphatic carbocycles. The van der Waals surface area contributed by atoms with Gasteiger partial charge in [0.05, 0.1) is 5.56 Å². The highest BCUT2D eigenvalue weighted by atomic mass is 79.9. The number of phenolic OH excluding ortho intramolecular Hbond substituents is 1. The molecule has 1 amide bonds. The fraction of sp³-hybridized carbons (Fsp3) is 0.235. The molecule has 3 nitrogen and oxygen atoms in total. The van der Waals surface area contributed by atoms with Crippen LogP contribution in [0.4, 0.5) is 0 Å². The van der Waals surface area contributed by atoms with Crippen molar-refractivity contribution < 1.29 is 9.90 Å². The highest BCUT2D eigenvalue weighted by Gasteiger charge is 2.23. The van der Waals surface area contributed by atoms with Crippen LogP contribution >= 0.6 is 15.9 Å². The Bertz CT molecular complexity index is 712. The molecule has 4 heteroatoms. The minimum Gasteiger partial charge on any atom is -0.508 e. The van der Waals surface area contributed by atoms with E-state index in [0.717, 1.165) is 22.0 Å². The largest absolute Gasteiger partial charge is 0.508 e. The van der Waals surface area contributed by atoms with Crippen LogP contribution in [0.3, 0.4) is 0 Å². The number of hydrogen-bond donors (Lipinski definition) is 1. The average Bonchev–Trinajstić information content (AvgIpc) is 2.48. The van der Waals surface area contributed by atoms with Gasteiger partial charge in [0, 0.05) is 17.6 Å². The number of nitrogens with zero attached hydrogens (tertiary/aromatic N) is 1. The van der Waals surface area contributed by atoms with Crippen molar-refractivity contribution in [2.75, 3.05) is 6.54 Å². The van der Waals surface area contributed by atoms with Crippen LogP contribution in [0.1, 0.15) is 27.0 Å². The summed E-state index contributed by atoms with van der Waals surface area (Å²) in [6, 6.07) is 11.2. The van der Waals surface area contributed by atoms with Gasteiger partial charge in [0.1, 0.15) is 5.75 Å². The highest BCUT2D eigenvalue weighted by molar-refractivity contribution is 9.10. The first-order chi connectivity index (χ1) is 10.0. The van der Waals surface area contributed by atoms with Gasteiger partial charge in [0.25, 0.3) is 5.91 Å². The molecule has 0 bridgehead atoms. The van der Waals surface area contributed by atoms with Gasteiger partial charge < -0.3 is 10.0 Å². The number of hydrogen-bond acceptors (Lipinski definition) is 2. The van der Waals surface area contributed by atoms with Gasteiger partial charge in [0.15, 0.2) is 0 Å². The molecule has 1 aliphatic heterocycles. The van der Waals surface area contributed by atoms with E-state index in [0.29, 0.717) is 18.7 Å². The number of benzene rings is 2. The van der Waals surface area contributed by atoms with E-state index in [2.05, 4.69) is 15.9 Å². The van der Waals surface area contributed by atoms with Crippen molar-refractivity contribution in [3.63, 3.8) is 0 Å². The summed E-state index contributed by atoms with van der Waals surface area (Å²) in [5.74, 6) is 0.277. The minimum absolute atomic E-state index is 0.0274. The predicted octanol–water partition coefficient (Wildman–Crippen LogP) is 3.66. The first-order valence-electron chi connectivity index (χ1n) is 6.91. The molecule has 21 heavy (non-hydrogen) atoms. The maximum Gasteiger partial charge on any atom is 0.255 e. The number of aromatic hydroxyl groups is 1. The lowest BCUT2D eigenvalue weighted by molar-refractivity contribution is 0.0733. The number of halogens is 1. The zero-order valence-corrected chi connectivity index (χ0v) is 13.4. The molecule has 1 heterocycles. The Morgan fingerprint density at radius 2 is 2.00 bits per heavy atom. The molecular weight excluding hydrogens is 330 g/mol. The van der Waals surface area contributed by atoms with Crippen LogP contribution in [-0.4, -0.2) is 22.5 Å². The summed E-state index contributed by atoms with van der Waals surface area (Å²) in [6.45, 7) is 3.23. The third kappa shape index (κ3) is 2.81. The molecule has 1 N–H and O–H groups in total. The molecule has 2 aromatic rings. The predicted molar refractivity (Wildman–Crippen MR) is 85.4 cm³/mol. The van der Waals surface area contributed by atoms with Crippen molar-refractivity contribution in [3.8, 4) is 5.75 Å². The normalized spacial score (nSPS) is 13.9. The second kappa shape index (κ2) is 5.53.